The number of amides is 1. The van der Waals surface area contributed by atoms with Gasteiger partial charge in [0.1, 0.15) is 23.4 Å². The number of carbonyl (C=O) groups is 2. The molecule has 12 heteroatoms. The molecular formula is C28H25ClF4N2O5. The summed E-state index contributed by atoms with van der Waals surface area (Å²) in [6.07, 6.45) is -4.53. The predicted octanol–water partition coefficient (Wildman–Crippen LogP) is 6.49. The van der Waals surface area contributed by atoms with E-state index in [9.17, 15) is 27.2 Å². The van der Waals surface area contributed by atoms with Gasteiger partial charge in [-0.15, -0.1) is 0 Å². The fourth-order valence-electron chi connectivity index (χ4n) is 4.39. The summed E-state index contributed by atoms with van der Waals surface area (Å²) in [6.45, 7) is 0.192. The molecule has 212 valence electrons. The number of nitrogens with one attached hydrogen (secondary N) is 1. The molecule has 1 aliphatic rings. The maximum atomic E-state index is 14.2. The van der Waals surface area contributed by atoms with Gasteiger partial charge in [-0.3, -0.25) is 9.59 Å². The summed E-state index contributed by atoms with van der Waals surface area (Å²) in [5.41, 5.74) is -0.276. The van der Waals surface area contributed by atoms with Crippen molar-refractivity contribution in [3.63, 3.8) is 0 Å². The molecule has 1 atom stereocenters. The third-order valence-corrected chi connectivity index (χ3v) is 6.57. The Labute approximate surface area is 232 Å². The first-order valence-electron chi connectivity index (χ1n) is 12.2. The summed E-state index contributed by atoms with van der Waals surface area (Å²) in [4.78, 5) is 25.9. The molecular weight excluding hydrogens is 556 g/mol. The van der Waals surface area contributed by atoms with Crippen molar-refractivity contribution in [3.05, 3.63) is 82.1 Å². The van der Waals surface area contributed by atoms with Gasteiger partial charge in [0.25, 0.3) is 5.91 Å². The van der Waals surface area contributed by atoms with Crippen LogP contribution in [-0.2, 0) is 22.2 Å². The quantitative estimate of drug-likeness (QED) is 0.210. The van der Waals surface area contributed by atoms with E-state index in [1.807, 2.05) is 0 Å². The van der Waals surface area contributed by atoms with E-state index in [-0.39, 0.29) is 38.1 Å². The van der Waals surface area contributed by atoms with Gasteiger partial charge in [0.15, 0.2) is 0 Å². The minimum absolute atomic E-state index is 0.00687. The lowest BCUT2D eigenvalue weighted by molar-refractivity contribution is -0.140. The van der Waals surface area contributed by atoms with Crippen LogP contribution in [0.15, 0.2) is 54.6 Å². The summed E-state index contributed by atoms with van der Waals surface area (Å²) in [6, 6.07) is 11.6. The standard InChI is InChI=1S/C28H25ClF4N2O5/c1-39-20-12-19(13-21(14-20)40-10-2-3-25(36)37)34-26(16-4-6-18(29)7-5-16)27(38)35-9-8-17-11-23(30)22(15-24(17)35)28(31,32)33/h4-7,11-15,26,34H,2-3,8-10H2,1H3,(H,36,37). The van der Waals surface area contributed by atoms with Crippen LogP contribution in [0.25, 0.3) is 0 Å². The van der Waals surface area contributed by atoms with Crippen LogP contribution in [-0.4, -0.2) is 37.2 Å². The van der Waals surface area contributed by atoms with Gasteiger partial charge in [-0.25, -0.2) is 4.39 Å². The zero-order valence-corrected chi connectivity index (χ0v) is 22.0. The number of alkyl halides is 3. The van der Waals surface area contributed by atoms with Gasteiger partial charge in [0.2, 0.25) is 0 Å². The number of carbonyl (C=O) groups excluding carboxylic acids is 1. The zero-order valence-electron chi connectivity index (χ0n) is 21.2. The highest BCUT2D eigenvalue weighted by atomic mass is 35.5. The third kappa shape index (κ3) is 6.77. The first-order chi connectivity index (χ1) is 19.0. The highest BCUT2D eigenvalue weighted by Gasteiger charge is 2.38. The van der Waals surface area contributed by atoms with Gasteiger partial charge in [-0.05, 0) is 48.2 Å². The van der Waals surface area contributed by atoms with E-state index in [0.29, 0.717) is 39.4 Å². The van der Waals surface area contributed by atoms with E-state index in [2.05, 4.69) is 5.32 Å². The largest absolute Gasteiger partial charge is 0.497 e. The van der Waals surface area contributed by atoms with Crippen LogP contribution in [0.2, 0.25) is 5.02 Å². The number of rotatable bonds is 10. The molecule has 1 unspecified atom stereocenters. The fourth-order valence-corrected chi connectivity index (χ4v) is 4.51. The van der Waals surface area contributed by atoms with Crippen LogP contribution >= 0.6 is 11.6 Å². The van der Waals surface area contributed by atoms with Crippen molar-refractivity contribution >= 4 is 34.9 Å². The number of anilines is 2. The Hall–Kier alpha value is -3.99. The van der Waals surface area contributed by atoms with Crippen molar-refractivity contribution < 1.29 is 41.7 Å². The van der Waals surface area contributed by atoms with Gasteiger partial charge >= 0.3 is 12.1 Å². The van der Waals surface area contributed by atoms with Crippen LogP contribution in [0.1, 0.15) is 35.6 Å². The number of methoxy groups -OCH3 is 1. The van der Waals surface area contributed by atoms with Crippen molar-refractivity contribution in [2.75, 3.05) is 30.5 Å². The van der Waals surface area contributed by atoms with Crippen molar-refractivity contribution in [1.29, 1.82) is 0 Å². The second-order valence-corrected chi connectivity index (χ2v) is 9.51. The molecule has 0 saturated heterocycles. The van der Waals surface area contributed by atoms with Crippen molar-refractivity contribution in [1.82, 2.24) is 0 Å². The van der Waals surface area contributed by atoms with Gasteiger partial charge in [-0.2, -0.15) is 13.2 Å². The molecule has 0 bridgehead atoms. The average Bonchev–Trinajstić information content (AvgIpc) is 3.31. The van der Waals surface area contributed by atoms with E-state index in [1.54, 1.807) is 42.5 Å². The topological polar surface area (TPSA) is 88.1 Å². The Bertz CT molecular complexity index is 1400. The molecule has 1 heterocycles. The molecule has 0 fully saturated rings. The molecule has 0 aromatic heterocycles. The molecule has 1 aliphatic heterocycles. The maximum absolute atomic E-state index is 14.2. The zero-order chi connectivity index (χ0) is 29.0. The van der Waals surface area contributed by atoms with Gasteiger partial charge in [0.05, 0.1) is 19.3 Å². The highest BCUT2D eigenvalue weighted by Crippen LogP contribution is 2.39. The van der Waals surface area contributed by atoms with E-state index in [1.165, 1.54) is 12.0 Å². The minimum Gasteiger partial charge on any atom is -0.497 e. The Kier molecular flexibility index (Phi) is 8.73. The van der Waals surface area contributed by atoms with E-state index < -0.39 is 35.5 Å². The van der Waals surface area contributed by atoms with Crippen LogP contribution in [0.4, 0.5) is 28.9 Å². The van der Waals surface area contributed by atoms with Crippen molar-refractivity contribution in [2.45, 2.75) is 31.5 Å². The summed E-state index contributed by atoms with van der Waals surface area (Å²) >= 11 is 6.04. The number of halogens is 5. The number of aliphatic carboxylic acids is 1. The molecule has 2 N–H and O–H groups in total. The molecule has 3 aromatic carbocycles. The SMILES string of the molecule is COc1cc(NC(C(=O)N2CCc3cc(F)c(C(F)(F)F)cc32)c2ccc(Cl)cc2)cc(OCCCC(=O)O)c1. The minimum atomic E-state index is -4.92. The molecule has 3 aromatic rings. The Morgan fingerprint density at radius 1 is 1.10 bits per heavy atom. The third-order valence-electron chi connectivity index (χ3n) is 6.32. The van der Waals surface area contributed by atoms with Crippen molar-refractivity contribution in [2.24, 2.45) is 0 Å². The number of fused-ring (bicyclic) bond motifs is 1. The monoisotopic (exact) mass is 580 g/mol. The van der Waals surface area contributed by atoms with E-state index in [4.69, 9.17) is 26.2 Å². The lowest BCUT2D eigenvalue weighted by Crippen LogP contribution is -2.37. The Balaban J connectivity index is 1.67. The van der Waals surface area contributed by atoms with Crippen LogP contribution in [0, 0.1) is 5.82 Å². The Morgan fingerprint density at radius 3 is 2.45 bits per heavy atom. The molecule has 0 radical (unpaired) electrons. The molecule has 40 heavy (non-hydrogen) atoms. The van der Waals surface area contributed by atoms with Gasteiger partial charge < -0.3 is 24.8 Å². The predicted molar refractivity (Wildman–Crippen MR) is 141 cm³/mol. The van der Waals surface area contributed by atoms with Crippen LogP contribution in [0.5, 0.6) is 11.5 Å². The molecule has 0 aliphatic carbocycles. The first kappa shape index (κ1) is 29.0. The number of carboxylic acid groups (broad SMARTS) is 1. The lowest BCUT2D eigenvalue weighted by Gasteiger charge is -2.27. The van der Waals surface area contributed by atoms with E-state index in [0.717, 1.165) is 6.07 Å². The highest BCUT2D eigenvalue weighted by molar-refractivity contribution is 6.30. The number of hydrogen-bond acceptors (Lipinski definition) is 5. The summed E-state index contributed by atoms with van der Waals surface area (Å²) in [5.74, 6) is -2.16. The number of nitrogens with zero attached hydrogens (tertiary/aromatic N) is 1. The molecule has 0 saturated carbocycles. The smallest absolute Gasteiger partial charge is 0.419 e. The average molecular weight is 581 g/mol. The summed E-state index contributed by atoms with van der Waals surface area (Å²) < 4.78 is 65.5. The van der Waals surface area contributed by atoms with Gasteiger partial charge in [0, 0.05) is 47.6 Å². The molecule has 0 spiro atoms. The summed E-state index contributed by atoms with van der Waals surface area (Å²) in [5, 5.41) is 12.4. The van der Waals surface area contributed by atoms with Crippen LogP contribution in [0.3, 0.4) is 0 Å². The maximum Gasteiger partial charge on any atom is 0.419 e. The molecule has 7 nitrogen and oxygen atoms in total. The normalized spacial score (nSPS) is 13.5. The summed E-state index contributed by atoms with van der Waals surface area (Å²) in [7, 11) is 1.44. The fraction of sp³-hybridized carbons (Fsp3) is 0.286. The number of ether oxygens (including phenoxy) is 2. The molecule has 1 amide bonds. The second kappa shape index (κ2) is 12.0. The van der Waals surface area contributed by atoms with Gasteiger partial charge in [-0.1, -0.05) is 23.7 Å². The van der Waals surface area contributed by atoms with Crippen molar-refractivity contribution in [3.8, 4) is 11.5 Å². The number of hydrogen-bond donors (Lipinski definition) is 2. The van der Waals surface area contributed by atoms with Crippen LogP contribution < -0.4 is 19.7 Å². The Morgan fingerprint density at radius 2 is 1.80 bits per heavy atom. The van der Waals surface area contributed by atoms with E-state index >= 15 is 0 Å². The molecule has 4 rings (SSSR count). The number of carboxylic acids is 1. The number of benzene rings is 3. The lowest BCUT2D eigenvalue weighted by atomic mass is 10.0. The second-order valence-electron chi connectivity index (χ2n) is 9.07. The first-order valence-corrected chi connectivity index (χ1v) is 12.6.